The van der Waals surface area contributed by atoms with E-state index < -0.39 is 6.04 Å². The van der Waals surface area contributed by atoms with Crippen LogP contribution in [-0.2, 0) is 15.3 Å². The highest BCUT2D eigenvalue weighted by molar-refractivity contribution is 7.98. The first kappa shape index (κ1) is 12.1. The third kappa shape index (κ3) is 4.35. The van der Waals surface area contributed by atoms with Gasteiger partial charge in [0.2, 0.25) is 0 Å². The first-order chi connectivity index (χ1) is 7.24. The van der Waals surface area contributed by atoms with Gasteiger partial charge < -0.3 is 15.0 Å². The first-order valence-corrected chi connectivity index (χ1v) is 5.70. The number of nitrogens with two attached hydrogens (primary N) is 1. The summed E-state index contributed by atoms with van der Waals surface area (Å²) in [6.45, 7) is 0. The maximum absolute atomic E-state index is 10.9. The fourth-order valence-electron chi connectivity index (χ4n) is 0.969. The molecule has 1 atom stereocenters. The van der Waals surface area contributed by atoms with E-state index in [1.165, 1.54) is 7.11 Å². The van der Waals surface area contributed by atoms with E-state index >= 15 is 0 Å². The standard InChI is InChI=1S/C9H14N2O3S/c1-13-9(12)8(10)3-5-15-6-7-2-4-11-14-7/h2,4,8H,3,5-6,10H2,1H3. The average Bonchev–Trinajstić information content (AvgIpc) is 2.75. The molecule has 5 nitrogen and oxygen atoms in total. The van der Waals surface area contributed by atoms with Gasteiger partial charge in [-0.2, -0.15) is 11.8 Å². The Bertz CT molecular complexity index is 290. The summed E-state index contributed by atoms with van der Waals surface area (Å²) in [5.74, 6) is 1.99. The summed E-state index contributed by atoms with van der Waals surface area (Å²) in [6, 6.07) is 1.28. The Balaban J connectivity index is 2.09. The highest BCUT2D eigenvalue weighted by Crippen LogP contribution is 2.12. The molecule has 1 heterocycles. The molecule has 0 aromatic carbocycles. The zero-order valence-electron chi connectivity index (χ0n) is 8.51. The van der Waals surface area contributed by atoms with Gasteiger partial charge in [-0.15, -0.1) is 0 Å². The van der Waals surface area contributed by atoms with E-state index in [-0.39, 0.29) is 5.97 Å². The molecule has 0 saturated carbocycles. The smallest absolute Gasteiger partial charge is 0.322 e. The number of nitrogens with zero attached hydrogens (tertiary/aromatic N) is 1. The topological polar surface area (TPSA) is 78.4 Å². The molecule has 1 unspecified atom stereocenters. The molecule has 0 aliphatic rings. The van der Waals surface area contributed by atoms with Crippen LogP contribution in [0.3, 0.4) is 0 Å². The SMILES string of the molecule is COC(=O)C(N)CCSCc1ccno1. The van der Waals surface area contributed by atoms with Crippen LogP contribution in [0.4, 0.5) is 0 Å². The van der Waals surface area contributed by atoms with Gasteiger partial charge in [0.1, 0.15) is 11.8 Å². The van der Waals surface area contributed by atoms with Crippen molar-refractivity contribution in [2.75, 3.05) is 12.9 Å². The number of carbonyl (C=O) groups is 1. The molecule has 1 aromatic heterocycles. The van der Waals surface area contributed by atoms with Crippen LogP contribution in [0, 0.1) is 0 Å². The van der Waals surface area contributed by atoms with Crippen LogP contribution < -0.4 is 5.73 Å². The van der Waals surface area contributed by atoms with Crippen molar-refractivity contribution in [2.45, 2.75) is 18.2 Å². The molecular formula is C9H14N2O3S. The molecule has 15 heavy (non-hydrogen) atoms. The lowest BCUT2D eigenvalue weighted by atomic mass is 10.2. The largest absolute Gasteiger partial charge is 0.468 e. The molecule has 0 aliphatic heterocycles. The van der Waals surface area contributed by atoms with Gasteiger partial charge in [-0.05, 0) is 12.2 Å². The number of rotatable bonds is 6. The highest BCUT2D eigenvalue weighted by Gasteiger charge is 2.12. The second-order valence-corrected chi connectivity index (χ2v) is 4.05. The van der Waals surface area contributed by atoms with Crippen molar-refractivity contribution >= 4 is 17.7 Å². The van der Waals surface area contributed by atoms with E-state index in [4.69, 9.17) is 10.3 Å². The van der Waals surface area contributed by atoms with E-state index in [1.54, 1.807) is 18.0 Å². The van der Waals surface area contributed by atoms with Gasteiger partial charge in [-0.1, -0.05) is 5.16 Å². The predicted octanol–water partition coefficient (Wildman–Crippen LogP) is 0.798. The lowest BCUT2D eigenvalue weighted by Crippen LogP contribution is -2.31. The van der Waals surface area contributed by atoms with Crippen molar-refractivity contribution in [3.05, 3.63) is 18.0 Å². The molecule has 0 spiro atoms. The molecule has 2 N–H and O–H groups in total. The number of methoxy groups -OCH3 is 1. The normalized spacial score (nSPS) is 12.4. The van der Waals surface area contributed by atoms with E-state index in [0.29, 0.717) is 6.42 Å². The minimum atomic E-state index is -0.530. The predicted molar refractivity (Wildman–Crippen MR) is 57.3 cm³/mol. The summed E-state index contributed by atoms with van der Waals surface area (Å²) < 4.78 is 9.43. The maximum atomic E-state index is 10.9. The van der Waals surface area contributed by atoms with Gasteiger partial charge in [0, 0.05) is 6.07 Å². The average molecular weight is 230 g/mol. The van der Waals surface area contributed by atoms with Gasteiger partial charge >= 0.3 is 5.97 Å². The van der Waals surface area contributed by atoms with Crippen LogP contribution in [-0.4, -0.2) is 30.0 Å². The fourth-order valence-corrected chi connectivity index (χ4v) is 1.88. The van der Waals surface area contributed by atoms with E-state index in [1.807, 2.05) is 6.07 Å². The molecule has 0 bridgehead atoms. The zero-order valence-corrected chi connectivity index (χ0v) is 9.33. The third-order valence-electron chi connectivity index (χ3n) is 1.81. The second-order valence-electron chi connectivity index (χ2n) is 2.95. The minimum Gasteiger partial charge on any atom is -0.468 e. The van der Waals surface area contributed by atoms with Gasteiger partial charge in [0.25, 0.3) is 0 Å². The summed E-state index contributed by atoms with van der Waals surface area (Å²) >= 11 is 1.65. The number of hydrogen-bond acceptors (Lipinski definition) is 6. The van der Waals surface area contributed by atoms with Crippen LogP contribution in [0.5, 0.6) is 0 Å². The van der Waals surface area contributed by atoms with Crippen LogP contribution >= 0.6 is 11.8 Å². The third-order valence-corrected chi connectivity index (χ3v) is 2.83. The Morgan fingerprint density at radius 1 is 1.80 bits per heavy atom. The van der Waals surface area contributed by atoms with Crippen molar-refractivity contribution in [3.8, 4) is 0 Å². The molecule has 0 aliphatic carbocycles. The van der Waals surface area contributed by atoms with Gasteiger partial charge in [-0.3, -0.25) is 4.79 Å². The van der Waals surface area contributed by atoms with E-state index in [0.717, 1.165) is 17.3 Å². The highest BCUT2D eigenvalue weighted by atomic mass is 32.2. The number of aromatic nitrogens is 1. The molecule has 0 radical (unpaired) electrons. The number of thioether (sulfide) groups is 1. The lowest BCUT2D eigenvalue weighted by molar-refractivity contribution is -0.142. The molecule has 6 heteroatoms. The van der Waals surface area contributed by atoms with Crippen LogP contribution in [0.25, 0.3) is 0 Å². The quantitative estimate of drug-likeness (QED) is 0.575. The Morgan fingerprint density at radius 3 is 3.20 bits per heavy atom. The van der Waals surface area contributed by atoms with E-state index in [9.17, 15) is 4.79 Å². The van der Waals surface area contributed by atoms with Crippen molar-refractivity contribution in [2.24, 2.45) is 5.73 Å². The Labute approximate surface area is 92.3 Å². The van der Waals surface area contributed by atoms with Crippen molar-refractivity contribution in [3.63, 3.8) is 0 Å². The number of esters is 1. The summed E-state index contributed by atoms with van der Waals surface area (Å²) in [6.07, 6.45) is 2.21. The fraction of sp³-hybridized carbons (Fsp3) is 0.556. The summed E-state index contributed by atoms with van der Waals surface area (Å²) in [5, 5.41) is 3.59. The number of carbonyl (C=O) groups excluding carboxylic acids is 1. The zero-order chi connectivity index (χ0) is 11.1. The van der Waals surface area contributed by atoms with Crippen LogP contribution in [0.1, 0.15) is 12.2 Å². The number of ether oxygens (including phenoxy) is 1. The summed E-state index contributed by atoms with van der Waals surface area (Å²) in [4.78, 5) is 10.9. The summed E-state index contributed by atoms with van der Waals surface area (Å²) in [7, 11) is 1.34. The molecule has 0 fully saturated rings. The van der Waals surface area contributed by atoms with Gasteiger partial charge in [-0.25, -0.2) is 0 Å². The molecular weight excluding hydrogens is 216 g/mol. The summed E-state index contributed by atoms with van der Waals surface area (Å²) in [5.41, 5.74) is 5.56. The first-order valence-electron chi connectivity index (χ1n) is 4.54. The Hall–Kier alpha value is -1.01. The van der Waals surface area contributed by atoms with Crippen molar-refractivity contribution < 1.29 is 14.1 Å². The van der Waals surface area contributed by atoms with E-state index in [2.05, 4.69) is 9.89 Å². The lowest BCUT2D eigenvalue weighted by Gasteiger charge is -2.07. The maximum Gasteiger partial charge on any atom is 0.322 e. The van der Waals surface area contributed by atoms with Crippen LogP contribution in [0.2, 0.25) is 0 Å². The molecule has 84 valence electrons. The molecule has 0 amide bonds. The minimum absolute atomic E-state index is 0.365. The second kappa shape index (κ2) is 6.47. The van der Waals surface area contributed by atoms with Crippen LogP contribution in [0.15, 0.2) is 16.8 Å². The van der Waals surface area contributed by atoms with Crippen molar-refractivity contribution in [1.82, 2.24) is 5.16 Å². The molecule has 1 rings (SSSR count). The van der Waals surface area contributed by atoms with Gasteiger partial charge in [0.15, 0.2) is 0 Å². The van der Waals surface area contributed by atoms with Crippen molar-refractivity contribution in [1.29, 1.82) is 0 Å². The monoisotopic (exact) mass is 230 g/mol. The Morgan fingerprint density at radius 2 is 2.60 bits per heavy atom. The van der Waals surface area contributed by atoms with Gasteiger partial charge in [0.05, 0.1) is 19.1 Å². The molecule has 0 saturated heterocycles. The number of hydrogen-bond donors (Lipinski definition) is 1. The Kier molecular flexibility index (Phi) is 5.20. The molecule has 1 aromatic rings.